The summed E-state index contributed by atoms with van der Waals surface area (Å²) < 4.78 is 72.0. The van der Waals surface area contributed by atoms with Crippen LogP contribution in [0.2, 0.25) is 0 Å². The van der Waals surface area contributed by atoms with Crippen molar-refractivity contribution in [1.29, 1.82) is 0 Å². The minimum absolute atomic E-state index is 0.0223. The second-order valence-electron chi connectivity index (χ2n) is 8.61. The van der Waals surface area contributed by atoms with E-state index in [1.54, 1.807) is 0 Å². The second-order valence-corrected chi connectivity index (χ2v) is 10.7. The van der Waals surface area contributed by atoms with Gasteiger partial charge in [0, 0.05) is 24.8 Å². The molecule has 0 fully saturated rings. The van der Waals surface area contributed by atoms with E-state index in [2.05, 4.69) is 20.7 Å². The molecule has 14 heteroatoms. The lowest BCUT2D eigenvalue weighted by Crippen LogP contribution is -2.56. The van der Waals surface area contributed by atoms with Crippen molar-refractivity contribution in [2.24, 2.45) is 0 Å². The molecule has 2 amide bonds. The van der Waals surface area contributed by atoms with Crippen molar-refractivity contribution >= 4 is 27.3 Å². The number of fused-ring (bicyclic) bond motifs is 3. The number of halogens is 3. The molecule has 10 nitrogen and oxygen atoms in total. The standard InChI is InChI=1S/C22H18F3N5O5S/c1-36(33,34)9-16(31)27-19-18(14-3-2-11(23)8-26-14)29-30-10-22(28-21(32)20(19)30)4-5-35-15-7-12(24)6-13(25)17(15)22/h2-3,6-8H,4-5,9-10H2,1H3,(H,27,31)(H,28,32)/t22-/m0/s1. The molecular weight excluding hydrogens is 503 g/mol. The van der Waals surface area contributed by atoms with Crippen LogP contribution in [-0.2, 0) is 26.7 Å². The quantitative estimate of drug-likeness (QED) is 0.535. The molecular formula is C22H18F3N5O5S. The third-order valence-corrected chi connectivity index (χ3v) is 6.64. The van der Waals surface area contributed by atoms with Gasteiger partial charge in [0.05, 0.1) is 36.1 Å². The van der Waals surface area contributed by atoms with E-state index < -0.39 is 50.4 Å². The molecule has 0 aliphatic carbocycles. The third-order valence-electron chi connectivity index (χ3n) is 5.85. The highest BCUT2D eigenvalue weighted by Crippen LogP contribution is 2.44. The van der Waals surface area contributed by atoms with Gasteiger partial charge in [-0.1, -0.05) is 0 Å². The lowest BCUT2D eigenvalue weighted by atomic mass is 9.82. The number of hydrogen-bond acceptors (Lipinski definition) is 7. The van der Waals surface area contributed by atoms with Crippen LogP contribution in [-0.4, -0.2) is 53.6 Å². The SMILES string of the molecule is CS(=O)(=O)CC(=O)Nc1c(-c2ccc(F)cn2)nn2c1C(=O)N[C@@]1(CCOc3cc(F)cc(F)c31)C2. The minimum Gasteiger partial charge on any atom is -0.493 e. The fourth-order valence-electron chi connectivity index (χ4n) is 4.48. The Labute approximate surface area is 202 Å². The van der Waals surface area contributed by atoms with Crippen LogP contribution in [0.1, 0.15) is 22.5 Å². The minimum atomic E-state index is -3.70. The van der Waals surface area contributed by atoms with Crippen molar-refractivity contribution in [3.05, 3.63) is 59.2 Å². The van der Waals surface area contributed by atoms with Crippen LogP contribution in [0, 0.1) is 17.5 Å². The monoisotopic (exact) mass is 521 g/mol. The Morgan fingerprint density at radius 1 is 1.25 bits per heavy atom. The van der Waals surface area contributed by atoms with Crippen molar-refractivity contribution in [1.82, 2.24) is 20.1 Å². The van der Waals surface area contributed by atoms with Gasteiger partial charge < -0.3 is 15.4 Å². The Morgan fingerprint density at radius 2 is 2.03 bits per heavy atom. The average Bonchev–Trinajstić information content (AvgIpc) is 3.10. The number of carbonyl (C=O) groups is 2. The van der Waals surface area contributed by atoms with E-state index in [1.165, 1.54) is 10.7 Å². The van der Waals surface area contributed by atoms with Crippen molar-refractivity contribution in [3.63, 3.8) is 0 Å². The highest BCUT2D eigenvalue weighted by Gasteiger charge is 2.47. The summed E-state index contributed by atoms with van der Waals surface area (Å²) in [6.45, 7) is -0.0692. The van der Waals surface area contributed by atoms with Gasteiger partial charge in [0.2, 0.25) is 5.91 Å². The number of aromatic nitrogens is 3. The van der Waals surface area contributed by atoms with Gasteiger partial charge in [-0.2, -0.15) is 5.10 Å². The van der Waals surface area contributed by atoms with E-state index in [0.717, 1.165) is 24.6 Å². The van der Waals surface area contributed by atoms with Crippen LogP contribution in [0.5, 0.6) is 5.75 Å². The molecule has 0 radical (unpaired) electrons. The van der Waals surface area contributed by atoms with Crippen LogP contribution < -0.4 is 15.4 Å². The molecule has 1 spiro atoms. The largest absolute Gasteiger partial charge is 0.493 e. The predicted octanol–water partition coefficient (Wildman–Crippen LogP) is 1.77. The Morgan fingerprint density at radius 3 is 2.72 bits per heavy atom. The van der Waals surface area contributed by atoms with Crippen LogP contribution in [0.15, 0.2) is 30.5 Å². The van der Waals surface area contributed by atoms with Crippen LogP contribution in [0.4, 0.5) is 18.9 Å². The van der Waals surface area contributed by atoms with E-state index in [0.29, 0.717) is 6.07 Å². The Hall–Kier alpha value is -3.94. The fourth-order valence-corrected chi connectivity index (χ4v) is 5.03. The van der Waals surface area contributed by atoms with Gasteiger partial charge in [0.25, 0.3) is 5.91 Å². The van der Waals surface area contributed by atoms with Crippen molar-refractivity contribution < 1.29 is 35.9 Å². The maximum Gasteiger partial charge on any atom is 0.272 e. The zero-order valence-electron chi connectivity index (χ0n) is 18.6. The molecule has 0 unspecified atom stereocenters. The first-order chi connectivity index (χ1) is 17.0. The topological polar surface area (TPSA) is 132 Å². The number of ether oxygens (including phenoxy) is 1. The number of carbonyl (C=O) groups excluding carboxylic acids is 2. The molecule has 3 aromatic rings. The third kappa shape index (κ3) is 4.17. The number of nitrogens with zero attached hydrogens (tertiary/aromatic N) is 3. The van der Waals surface area contributed by atoms with E-state index in [1.807, 2.05) is 0 Å². The van der Waals surface area contributed by atoms with Crippen LogP contribution >= 0.6 is 0 Å². The zero-order chi connectivity index (χ0) is 25.8. The summed E-state index contributed by atoms with van der Waals surface area (Å²) in [6.07, 6.45) is 1.92. The highest BCUT2D eigenvalue weighted by atomic mass is 32.2. The van der Waals surface area contributed by atoms with Gasteiger partial charge >= 0.3 is 0 Å². The van der Waals surface area contributed by atoms with Crippen molar-refractivity contribution in [3.8, 4) is 17.1 Å². The van der Waals surface area contributed by atoms with Crippen LogP contribution in [0.25, 0.3) is 11.4 Å². The first-order valence-corrected chi connectivity index (χ1v) is 12.7. The molecule has 2 aliphatic rings. The summed E-state index contributed by atoms with van der Waals surface area (Å²) in [7, 11) is -3.70. The summed E-state index contributed by atoms with van der Waals surface area (Å²) >= 11 is 0. The van der Waals surface area contributed by atoms with Gasteiger partial charge in [0.1, 0.15) is 40.3 Å². The molecule has 188 valence electrons. The van der Waals surface area contributed by atoms with Gasteiger partial charge in [-0.15, -0.1) is 0 Å². The molecule has 0 saturated carbocycles. The number of rotatable bonds is 4. The summed E-state index contributed by atoms with van der Waals surface area (Å²) in [5, 5.41) is 9.54. The second kappa shape index (κ2) is 8.33. The number of benzene rings is 1. The molecule has 2 aliphatic heterocycles. The van der Waals surface area contributed by atoms with E-state index in [-0.39, 0.29) is 53.7 Å². The number of pyridine rings is 1. The van der Waals surface area contributed by atoms with Gasteiger partial charge in [-0.3, -0.25) is 19.3 Å². The predicted molar refractivity (Wildman–Crippen MR) is 119 cm³/mol. The van der Waals surface area contributed by atoms with Gasteiger partial charge in [-0.05, 0) is 12.1 Å². The maximum absolute atomic E-state index is 14.9. The van der Waals surface area contributed by atoms with E-state index in [9.17, 15) is 31.2 Å². The van der Waals surface area contributed by atoms with E-state index in [4.69, 9.17) is 4.74 Å². The summed E-state index contributed by atoms with van der Waals surface area (Å²) in [4.78, 5) is 29.8. The summed E-state index contributed by atoms with van der Waals surface area (Å²) in [6, 6.07) is 4.08. The number of nitrogens with one attached hydrogen (secondary N) is 2. The van der Waals surface area contributed by atoms with Gasteiger partial charge in [-0.25, -0.2) is 21.6 Å². The number of hydrogen-bond donors (Lipinski definition) is 2. The first kappa shape index (κ1) is 23.8. The molecule has 2 aromatic heterocycles. The molecule has 36 heavy (non-hydrogen) atoms. The lowest BCUT2D eigenvalue weighted by Gasteiger charge is -2.42. The van der Waals surface area contributed by atoms with Crippen molar-refractivity contribution in [2.75, 3.05) is 23.9 Å². The fraction of sp³-hybridized carbons (Fsp3) is 0.273. The Kier molecular flexibility index (Phi) is 5.50. The smallest absolute Gasteiger partial charge is 0.272 e. The molecule has 5 rings (SSSR count). The lowest BCUT2D eigenvalue weighted by molar-refractivity contribution is -0.113. The normalized spacial score (nSPS) is 18.7. The molecule has 2 N–H and O–H groups in total. The maximum atomic E-state index is 14.9. The Balaban J connectivity index is 1.64. The first-order valence-electron chi connectivity index (χ1n) is 10.6. The van der Waals surface area contributed by atoms with Crippen LogP contribution in [0.3, 0.4) is 0 Å². The van der Waals surface area contributed by atoms with Gasteiger partial charge in [0.15, 0.2) is 15.5 Å². The molecule has 1 atom stereocenters. The zero-order valence-corrected chi connectivity index (χ0v) is 19.5. The average molecular weight is 521 g/mol. The Bertz CT molecular complexity index is 1520. The summed E-state index contributed by atoms with van der Waals surface area (Å²) in [5.41, 5.74) is -1.60. The molecule has 0 bridgehead atoms. The highest BCUT2D eigenvalue weighted by molar-refractivity contribution is 7.91. The molecule has 1 aromatic carbocycles. The van der Waals surface area contributed by atoms with E-state index >= 15 is 0 Å². The number of anilines is 1. The molecule has 0 saturated heterocycles. The molecule has 4 heterocycles. The number of sulfone groups is 1. The summed E-state index contributed by atoms with van der Waals surface area (Å²) in [5.74, 6) is -4.99. The van der Waals surface area contributed by atoms with Crippen molar-refractivity contribution in [2.45, 2.75) is 18.5 Å². The number of amides is 2.